The van der Waals surface area contributed by atoms with Gasteiger partial charge < -0.3 is 4.90 Å². The summed E-state index contributed by atoms with van der Waals surface area (Å²) >= 11 is 6.16. The molecule has 0 amide bonds. The van der Waals surface area contributed by atoms with Crippen LogP contribution in [0.3, 0.4) is 0 Å². The molecule has 0 atom stereocenters. The molecule has 0 unspecified atom stereocenters. The number of rotatable bonds is 7. The van der Waals surface area contributed by atoms with Gasteiger partial charge in [-0.2, -0.15) is 0 Å². The van der Waals surface area contributed by atoms with Crippen LogP contribution in [0.2, 0.25) is 5.02 Å². The van der Waals surface area contributed by atoms with E-state index in [1.165, 1.54) is 33.7 Å². The quantitative estimate of drug-likeness (QED) is 0.458. The third-order valence-electron chi connectivity index (χ3n) is 5.70. The van der Waals surface area contributed by atoms with E-state index in [4.69, 9.17) is 11.6 Å². The fourth-order valence-corrected chi connectivity index (χ4v) is 4.10. The first-order valence-corrected chi connectivity index (χ1v) is 11.3. The fourth-order valence-electron chi connectivity index (χ4n) is 3.97. The van der Waals surface area contributed by atoms with Crippen LogP contribution >= 0.6 is 11.6 Å². The van der Waals surface area contributed by atoms with Gasteiger partial charge in [0.1, 0.15) is 13.1 Å². The third kappa shape index (κ3) is 4.94. The Balaban J connectivity index is 2.08. The molecule has 0 saturated heterocycles. The van der Waals surface area contributed by atoms with E-state index >= 15 is 0 Å². The first kappa shape index (κ1) is 22.1. The van der Waals surface area contributed by atoms with Crippen LogP contribution < -0.4 is 4.90 Å². The average molecular weight is 420 g/mol. The molecule has 1 aliphatic carbocycles. The van der Waals surface area contributed by atoms with Gasteiger partial charge in [0, 0.05) is 36.0 Å². The van der Waals surface area contributed by atoms with Crippen LogP contribution in [0, 0.1) is 0 Å². The summed E-state index contributed by atoms with van der Waals surface area (Å²) in [5.74, 6) is 0. The van der Waals surface area contributed by atoms with Crippen molar-refractivity contribution in [1.82, 2.24) is 0 Å². The van der Waals surface area contributed by atoms with Gasteiger partial charge in [0.15, 0.2) is 5.71 Å². The van der Waals surface area contributed by atoms with Gasteiger partial charge in [-0.05, 0) is 86.4 Å². The van der Waals surface area contributed by atoms with Crippen LogP contribution in [-0.4, -0.2) is 36.5 Å². The van der Waals surface area contributed by atoms with Gasteiger partial charge in [-0.15, -0.1) is 0 Å². The standard InChI is InChI=1S/C27H32ClN2/c1-5-29(6-2)25-17-11-22(12-18-25)27(21-9-15-24(28)16-10-21)23-13-19-26(20-14-23)30(7-3)8-4/h9-20H,5-8H2,1-4H3/q+1. The highest BCUT2D eigenvalue weighted by Crippen LogP contribution is 2.31. The Labute approximate surface area is 186 Å². The highest BCUT2D eigenvalue weighted by Gasteiger charge is 2.14. The monoisotopic (exact) mass is 419 g/mol. The molecule has 0 saturated carbocycles. The number of benzene rings is 2. The van der Waals surface area contributed by atoms with Crippen LogP contribution in [0.25, 0.3) is 5.57 Å². The summed E-state index contributed by atoms with van der Waals surface area (Å²) in [6.45, 7) is 12.8. The molecule has 0 N–H and O–H groups in total. The van der Waals surface area contributed by atoms with Crippen molar-refractivity contribution in [3.8, 4) is 0 Å². The zero-order chi connectivity index (χ0) is 21.5. The number of anilines is 1. The largest absolute Gasteiger partial charge is 0.372 e. The minimum atomic E-state index is 0.756. The van der Waals surface area contributed by atoms with Crippen molar-refractivity contribution in [2.75, 3.05) is 31.1 Å². The molecule has 3 rings (SSSR count). The van der Waals surface area contributed by atoms with Gasteiger partial charge in [0.2, 0.25) is 0 Å². The molecule has 0 radical (unpaired) electrons. The fraction of sp³-hybridized carbons (Fsp3) is 0.296. The normalized spacial score (nSPS) is 13.0. The molecule has 0 aliphatic heterocycles. The summed E-state index contributed by atoms with van der Waals surface area (Å²) in [7, 11) is 0. The lowest BCUT2D eigenvalue weighted by atomic mass is 9.90. The van der Waals surface area contributed by atoms with Gasteiger partial charge in [0.05, 0.1) is 0 Å². The number of hydrogen-bond acceptors (Lipinski definition) is 1. The second-order valence-corrected chi connectivity index (χ2v) is 7.76. The zero-order valence-corrected chi connectivity index (χ0v) is 19.3. The summed E-state index contributed by atoms with van der Waals surface area (Å²) in [6, 6.07) is 17.1. The van der Waals surface area contributed by atoms with E-state index in [1.54, 1.807) is 0 Å². The lowest BCUT2D eigenvalue weighted by molar-refractivity contribution is -0.519. The van der Waals surface area contributed by atoms with Gasteiger partial charge in [-0.25, -0.2) is 4.58 Å². The van der Waals surface area contributed by atoms with Crippen LogP contribution in [0.1, 0.15) is 38.8 Å². The van der Waals surface area contributed by atoms with E-state index in [-0.39, 0.29) is 0 Å². The summed E-state index contributed by atoms with van der Waals surface area (Å²) in [6.07, 6.45) is 8.91. The van der Waals surface area contributed by atoms with E-state index in [2.05, 4.69) is 97.9 Å². The Morgan fingerprint density at radius 2 is 1.23 bits per heavy atom. The Bertz CT molecular complexity index is 949. The molecule has 30 heavy (non-hydrogen) atoms. The molecule has 0 heterocycles. The maximum absolute atomic E-state index is 6.16. The Kier molecular flexibility index (Phi) is 7.70. The molecular formula is C27H32ClN2+. The smallest absolute Gasteiger partial charge is 0.199 e. The van der Waals surface area contributed by atoms with Crippen LogP contribution in [-0.2, 0) is 0 Å². The van der Waals surface area contributed by atoms with Gasteiger partial charge in [0.25, 0.3) is 0 Å². The first-order chi connectivity index (χ1) is 14.6. The molecular weight excluding hydrogens is 388 g/mol. The molecule has 0 aromatic heterocycles. The van der Waals surface area contributed by atoms with Crippen molar-refractivity contribution in [3.05, 3.63) is 94.6 Å². The second kappa shape index (κ2) is 10.4. The molecule has 156 valence electrons. The van der Waals surface area contributed by atoms with E-state index in [1.807, 2.05) is 12.1 Å². The van der Waals surface area contributed by atoms with Crippen molar-refractivity contribution < 1.29 is 4.58 Å². The zero-order valence-electron chi connectivity index (χ0n) is 18.5. The molecule has 2 nitrogen and oxygen atoms in total. The minimum absolute atomic E-state index is 0.756. The predicted octanol–water partition coefficient (Wildman–Crippen LogP) is 6.61. The van der Waals surface area contributed by atoms with Crippen LogP contribution in [0.5, 0.6) is 0 Å². The molecule has 0 bridgehead atoms. The second-order valence-electron chi connectivity index (χ2n) is 7.32. The summed E-state index contributed by atoms with van der Waals surface area (Å²) in [4.78, 5) is 2.37. The van der Waals surface area contributed by atoms with Gasteiger partial charge in [-0.3, -0.25) is 0 Å². The lowest BCUT2D eigenvalue weighted by Gasteiger charge is -2.22. The lowest BCUT2D eigenvalue weighted by Crippen LogP contribution is -2.21. The number of allylic oxidation sites excluding steroid dienone is 5. The van der Waals surface area contributed by atoms with E-state index in [9.17, 15) is 0 Å². The van der Waals surface area contributed by atoms with Gasteiger partial charge in [-0.1, -0.05) is 35.9 Å². The van der Waals surface area contributed by atoms with Crippen molar-refractivity contribution in [3.63, 3.8) is 0 Å². The number of halogens is 1. The highest BCUT2D eigenvalue weighted by molar-refractivity contribution is 6.30. The van der Waals surface area contributed by atoms with Crippen molar-refractivity contribution in [1.29, 1.82) is 0 Å². The SMILES string of the molecule is CCN(CC)c1ccc(C(=C2C=CC(=[N+](CC)CC)C=C2)c2ccc(Cl)cc2)cc1. The topological polar surface area (TPSA) is 6.25 Å². The Morgan fingerprint density at radius 1 is 0.733 bits per heavy atom. The number of nitrogens with zero attached hydrogens (tertiary/aromatic N) is 2. The Morgan fingerprint density at radius 3 is 1.70 bits per heavy atom. The van der Waals surface area contributed by atoms with Crippen molar-refractivity contribution >= 4 is 28.6 Å². The van der Waals surface area contributed by atoms with E-state index in [0.29, 0.717) is 0 Å². The molecule has 3 heteroatoms. The third-order valence-corrected chi connectivity index (χ3v) is 5.95. The molecule has 1 aliphatic rings. The maximum Gasteiger partial charge on any atom is 0.199 e. The Hall–Kier alpha value is -2.58. The first-order valence-electron chi connectivity index (χ1n) is 10.9. The van der Waals surface area contributed by atoms with Crippen LogP contribution in [0.15, 0.2) is 78.4 Å². The molecule has 2 aromatic rings. The maximum atomic E-state index is 6.16. The minimum Gasteiger partial charge on any atom is -0.372 e. The van der Waals surface area contributed by atoms with Crippen molar-refractivity contribution in [2.45, 2.75) is 27.7 Å². The predicted molar refractivity (Wildman–Crippen MR) is 132 cm³/mol. The van der Waals surface area contributed by atoms with E-state index < -0.39 is 0 Å². The molecule has 2 aromatic carbocycles. The molecule has 0 spiro atoms. The number of hydrogen-bond donors (Lipinski definition) is 0. The summed E-state index contributed by atoms with van der Waals surface area (Å²) in [5, 5.41) is 0.756. The van der Waals surface area contributed by atoms with Crippen LogP contribution in [0.4, 0.5) is 5.69 Å². The molecule has 0 fully saturated rings. The summed E-state index contributed by atoms with van der Waals surface area (Å²) < 4.78 is 2.37. The highest BCUT2D eigenvalue weighted by atomic mass is 35.5. The van der Waals surface area contributed by atoms with Gasteiger partial charge >= 0.3 is 0 Å². The van der Waals surface area contributed by atoms with E-state index in [0.717, 1.165) is 31.2 Å². The van der Waals surface area contributed by atoms with Crippen molar-refractivity contribution in [2.24, 2.45) is 0 Å². The summed E-state index contributed by atoms with van der Waals surface area (Å²) in [5.41, 5.74) is 7.34. The average Bonchev–Trinajstić information content (AvgIpc) is 2.79.